The molecule has 0 amide bonds. The number of hydrogen-bond acceptors (Lipinski definition) is 3. The number of hydrogen-bond donors (Lipinski definition) is 1. The van der Waals surface area contributed by atoms with Crippen LogP contribution in [0.15, 0.2) is 0 Å². The van der Waals surface area contributed by atoms with E-state index in [1.807, 2.05) is 13.8 Å². The summed E-state index contributed by atoms with van der Waals surface area (Å²) in [5.74, 6) is -0.135. The molecule has 0 aliphatic carbocycles. The molecule has 0 rings (SSSR count). The van der Waals surface area contributed by atoms with Crippen molar-refractivity contribution in [3.63, 3.8) is 0 Å². The van der Waals surface area contributed by atoms with Gasteiger partial charge in [0.05, 0.1) is 5.92 Å². The fourth-order valence-corrected chi connectivity index (χ4v) is 0.692. The second-order valence-corrected chi connectivity index (χ2v) is 3.07. The predicted molar refractivity (Wildman–Crippen MR) is 49.0 cm³/mol. The minimum Gasteiger partial charge on any atom is -0.464 e. The van der Waals surface area contributed by atoms with Crippen molar-refractivity contribution in [3.05, 3.63) is 0 Å². The maximum Gasteiger partial charge on any atom is 0.308 e. The lowest BCUT2D eigenvalue weighted by atomic mass is 10.2. The fourth-order valence-electron chi connectivity index (χ4n) is 0.692. The first-order chi connectivity index (χ1) is 5.68. The van der Waals surface area contributed by atoms with Crippen molar-refractivity contribution in [2.24, 2.45) is 5.92 Å². The Morgan fingerprint density at radius 3 is 2.58 bits per heavy atom. The summed E-state index contributed by atoms with van der Waals surface area (Å²) in [6.07, 6.45) is 1.11. The Hall–Kier alpha value is -0.570. The van der Waals surface area contributed by atoms with E-state index in [2.05, 4.69) is 12.2 Å². The van der Waals surface area contributed by atoms with Crippen molar-refractivity contribution in [2.75, 3.05) is 19.7 Å². The highest BCUT2D eigenvalue weighted by molar-refractivity contribution is 5.71. The fraction of sp³-hybridized carbons (Fsp3) is 0.889. The summed E-state index contributed by atoms with van der Waals surface area (Å²) >= 11 is 0. The highest BCUT2D eigenvalue weighted by Gasteiger charge is 2.06. The summed E-state index contributed by atoms with van der Waals surface area (Å²) in [5, 5.41) is 3.15. The number of ether oxygens (including phenoxy) is 1. The molecule has 0 atom stereocenters. The molecule has 0 unspecified atom stereocenters. The van der Waals surface area contributed by atoms with E-state index >= 15 is 0 Å². The molecule has 1 N–H and O–H groups in total. The number of rotatable bonds is 6. The third-order valence-corrected chi connectivity index (χ3v) is 1.42. The Morgan fingerprint density at radius 1 is 1.42 bits per heavy atom. The molecule has 0 spiro atoms. The van der Waals surface area contributed by atoms with Gasteiger partial charge in [-0.2, -0.15) is 0 Å². The molecule has 0 aromatic rings. The number of carbonyl (C=O) groups is 1. The van der Waals surface area contributed by atoms with E-state index in [0.717, 1.165) is 19.5 Å². The van der Waals surface area contributed by atoms with Crippen molar-refractivity contribution in [2.45, 2.75) is 27.2 Å². The highest BCUT2D eigenvalue weighted by Crippen LogP contribution is 1.94. The van der Waals surface area contributed by atoms with Gasteiger partial charge in [-0.25, -0.2) is 0 Å². The van der Waals surface area contributed by atoms with E-state index in [1.54, 1.807) is 0 Å². The molecule has 0 aliphatic heterocycles. The molecule has 0 radical (unpaired) electrons. The van der Waals surface area contributed by atoms with Crippen LogP contribution in [0.2, 0.25) is 0 Å². The standard InChI is InChI=1S/C9H19NO2/c1-4-5-10-6-7-12-9(11)8(2)3/h8,10H,4-7H2,1-3H3. The minimum atomic E-state index is -0.117. The van der Waals surface area contributed by atoms with E-state index in [-0.39, 0.29) is 11.9 Å². The smallest absolute Gasteiger partial charge is 0.308 e. The lowest BCUT2D eigenvalue weighted by molar-refractivity contribution is -0.147. The quantitative estimate of drug-likeness (QED) is 0.484. The molecule has 72 valence electrons. The first-order valence-corrected chi connectivity index (χ1v) is 4.55. The molecule has 0 bridgehead atoms. The molecule has 12 heavy (non-hydrogen) atoms. The van der Waals surface area contributed by atoms with Gasteiger partial charge in [-0.05, 0) is 13.0 Å². The molecule has 0 saturated carbocycles. The molecular formula is C9H19NO2. The second kappa shape index (κ2) is 7.10. The van der Waals surface area contributed by atoms with Crippen LogP contribution >= 0.6 is 0 Å². The second-order valence-electron chi connectivity index (χ2n) is 3.07. The van der Waals surface area contributed by atoms with Gasteiger partial charge in [0, 0.05) is 6.54 Å². The van der Waals surface area contributed by atoms with Crippen molar-refractivity contribution >= 4 is 5.97 Å². The lowest BCUT2D eigenvalue weighted by Gasteiger charge is -2.07. The van der Waals surface area contributed by atoms with Crippen LogP contribution in [-0.4, -0.2) is 25.7 Å². The maximum atomic E-state index is 10.9. The normalized spacial score (nSPS) is 10.3. The van der Waals surface area contributed by atoms with Gasteiger partial charge in [-0.1, -0.05) is 20.8 Å². The monoisotopic (exact) mass is 173 g/mol. The summed E-state index contributed by atoms with van der Waals surface area (Å²) in [5.41, 5.74) is 0. The zero-order valence-electron chi connectivity index (χ0n) is 8.22. The summed E-state index contributed by atoms with van der Waals surface area (Å²) in [6, 6.07) is 0. The summed E-state index contributed by atoms with van der Waals surface area (Å²) in [6.45, 7) is 8.00. The molecule has 0 fully saturated rings. The van der Waals surface area contributed by atoms with Crippen LogP contribution in [0.3, 0.4) is 0 Å². The van der Waals surface area contributed by atoms with Crippen LogP contribution in [0.1, 0.15) is 27.2 Å². The van der Waals surface area contributed by atoms with Gasteiger partial charge in [0.1, 0.15) is 6.61 Å². The van der Waals surface area contributed by atoms with E-state index in [1.165, 1.54) is 0 Å². The first kappa shape index (κ1) is 11.4. The van der Waals surface area contributed by atoms with E-state index in [4.69, 9.17) is 4.74 Å². The van der Waals surface area contributed by atoms with Gasteiger partial charge >= 0.3 is 5.97 Å². The Labute approximate surface area is 74.5 Å². The summed E-state index contributed by atoms with van der Waals surface area (Å²) in [7, 11) is 0. The van der Waals surface area contributed by atoms with Crippen molar-refractivity contribution in [1.29, 1.82) is 0 Å². The molecule has 0 aromatic heterocycles. The Balaban J connectivity index is 3.14. The van der Waals surface area contributed by atoms with Crippen molar-refractivity contribution in [3.8, 4) is 0 Å². The van der Waals surface area contributed by atoms with Crippen LogP contribution in [0.5, 0.6) is 0 Å². The predicted octanol–water partition coefficient (Wildman–Crippen LogP) is 1.19. The van der Waals surface area contributed by atoms with Gasteiger partial charge in [-0.3, -0.25) is 4.79 Å². The van der Waals surface area contributed by atoms with Crippen LogP contribution in [-0.2, 0) is 9.53 Å². The summed E-state index contributed by atoms with van der Waals surface area (Å²) in [4.78, 5) is 10.9. The topological polar surface area (TPSA) is 38.3 Å². The van der Waals surface area contributed by atoms with E-state index in [9.17, 15) is 4.79 Å². The molecule has 0 heterocycles. The maximum absolute atomic E-state index is 10.9. The van der Waals surface area contributed by atoms with Gasteiger partial charge in [0.15, 0.2) is 0 Å². The number of nitrogens with one attached hydrogen (secondary N) is 1. The van der Waals surface area contributed by atoms with Crippen LogP contribution in [0, 0.1) is 5.92 Å². The molecule has 3 nitrogen and oxygen atoms in total. The molecule has 0 saturated heterocycles. The van der Waals surface area contributed by atoms with Gasteiger partial charge in [-0.15, -0.1) is 0 Å². The minimum absolute atomic E-state index is 0.0174. The Bertz CT molecular complexity index is 124. The van der Waals surface area contributed by atoms with Crippen molar-refractivity contribution < 1.29 is 9.53 Å². The largest absolute Gasteiger partial charge is 0.464 e. The molecular weight excluding hydrogens is 154 g/mol. The average Bonchev–Trinajstić information content (AvgIpc) is 2.03. The third kappa shape index (κ3) is 6.16. The van der Waals surface area contributed by atoms with Crippen LogP contribution in [0.25, 0.3) is 0 Å². The number of carbonyl (C=O) groups excluding carboxylic acids is 1. The zero-order valence-corrected chi connectivity index (χ0v) is 8.22. The van der Waals surface area contributed by atoms with Gasteiger partial charge < -0.3 is 10.1 Å². The Morgan fingerprint density at radius 2 is 2.08 bits per heavy atom. The zero-order chi connectivity index (χ0) is 9.40. The van der Waals surface area contributed by atoms with Crippen LogP contribution < -0.4 is 5.32 Å². The van der Waals surface area contributed by atoms with E-state index in [0.29, 0.717) is 6.61 Å². The molecule has 3 heteroatoms. The lowest BCUT2D eigenvalue weighted by Crippen LogP contribution is -2.23. The third-order valence-electron chi connectivity index (χ3n) is 1.42. The SMILES string of the molecule is CCCNCCOC(=O)C(C)C. The molecule has 0 aliphatic rings. The molecule has 0 aromatic carbocycles. The Kier molecular flexibility index (Phi) is 6.76. The number of esters is 1. The first-order valence-electron chi connectivity index (χ1n) is 4.55. The van der Waals surface area contributed by atoms with Gasteiger partial charge in [0.25, 0.3) is 0 Å². The highest BCUT2D eigenvalue weighted by atomic mass is 16.5. The van der Waals surface area contributed by atoms with Crippen LogP contribution in [0.4, 0.5) is 0 Å². The average molecular weight is 173 g/mol. The van der Waals surface area contributed by atoms with Crippen molar-refractivity contribution in [1.82, 2.24) is 5.32 Å². The summed E-state index contributed by atoms with van der Waals surface area (Å²) < 4.78 is 4.95. The van der Waals surface area contributed by atoms with Gasteiger partial charge in [0.2, 0.25) is 0 Å². The van der Waals surface area contributed by atoms with E-state index < -0.39 is 0 Å².